The van der Waals surface area contributed by atoms with Gasteiger partial charge in [-0.2, -0.15) is 0 Å². The maximum absolute atomic E-state index is 12.6. The van der Waals surface area contributed by atoms with Crippen LogP contribution in [0.25, 0.3) is 11.1 Å². The van der Waals surface area contributed by atoms with Crippen LogP contribution in [-0.2, 0) is 17.3 Å². The summed E-state index contributed by atoms with van der Waals surface area (Å²) < 4.78 is 0. The summed E-state index contributed by atoms with van der Waals surface area (Å²) in [7, 11) is 0. The maximum atomic E-state index is 12.6. The standard InChI is InChI=1S/C28H29NO/c1-27-15-16-28(2,19-27)25-18-20(8-13-24(25)27)14-17-29-26(30)23-11-9-22(10-12-23)21-6-4-3-5-7-21/h3-13,18H,14-17,19H2,1-2H3,(H,29,30). The van der Waals surface area contributed by atoms with Gasteiger partial charge in [0, 0.05) is 12.1 Å². The second-order valence-electron chi connectivity index (χ2n) is 9.63. The van der Waals surface area contributed by atoms with Crippen LogP contribution in [-0.4, -0.2) is 12.5 Å². The van der Waals surface area contributed by atoms with Crippen LogP contribution in [0, 0.1) is 0 Å². The van der Waals surface area contributed by atoms with Crippen LogP contribution in [0.5, 0.6) is 0 Å². The Bertz CT molecular complexity index is 1090. The van der Waals surface area contributed by atoms with Crippen molar-refractivity contribution in [3.8, 4) is 11.1 Å². The minimum absolute atomic E-state index is 0.00528. The van der Waals surface area contributed by atoms with Crippen molar-refractivity contribution in [2.75, 3.05) is 6.54 Å². The Labute approximate surface area is 179 Å². The Morgan fingerprint density at radius 3 is 2.23 bits per heavy atom. The molecule has 1 saturated carbocycles. The van der Waals surface area contributed by atoms with E-state index >= 15 is 0 Å². The molecule has 152 valence electrons. The highest BCUT2D eigenvalue weighted by Gasteiger charge is 2.52. The van der Waals surface area contributed by atoms with Crippen LogP contribution in [0.15, 0.2) is 72.8 Å². The lowest BCUT2D eigenvalue weighted by Crippen LogP contribution is -2.26. The Morgan fingerprint density at radius 1 is 0.833 bits per heavy atom. The highest BCUT2D eigenvalue weighted by molar-refractivity contribution is 5.94. The number of hydrogen-bond acceptors (Lipinski definition) is 1. The molecule has 2 nitrogen and oxygen atoms in total. The number of carbonyl (C=O) groups excluding carboxylic acids is 1. The van der Waals surface area contributed by atoms with Gasteiger partial charge in [0.25, 0.3) is 5.91 Å². The quantitative estimate of drug-likeness (QED) is 0.561. The van der Waals surface area contributed by atoms with Gasteiger partial charge in [0.15, 0.2) is 0 Å². The molecule has 2 aliphatic carbocycles. The molecule has 0 saturated heterocycles. The number of hydrogen-bond donors (Lipinski definition) is 1. The summed E-state index contributed by atoms with van der Waals surface area (Å²) in [6.07, 6.45) is 4.77. The third-order valence-electron chi connectivity index (χ3n) is 7.35. The molecule has 0 aliphatic heterocycles. The van der Waals surface area contributed by atoms with Gasteiger partial charge in [-0.25, -0.2) is 0 Å². The monoisotopic (exact) mass is 395 g/mol. The number of fused-ring (bicyclic) bond motifs is 5. The molecule has 2 aliphatic rings. The van der Waals surface area contributed by atoms with E-state index in [1.54, 1.807) is 11.1 Å². The zero-order valence-electron chi connectivity index (χ0n) is 17.9. The van der Waals surface area contributed by atoms with Crippen LogP contribution in [0.4, 0.5) is 0 Å². The lowest BCUT2D eigenvalue weighted by Gasteiger charge is -2.27. The first kappa shape index (κ1) is 19.1. The SMILES string of the molecule is CC12CCC(C)(C1)c1cc(CCNC(=O)c3ccc(-c4ccccc4)cc3)ccc12. The molecule has 30 heavy (non-hydrogen) atoms. The summed E-state index contributed by atoms with van der Waals surface area (Å²) in [6, 6.07) is 25.1. The van der Waals surface area contributed by atoms with Crippen molar-refractivity contribution in [3.05, 3.63) is 95.1 Å². The molecule has 0 spiro atoms. The van der Waals surface area contributed by atoms with E-state index in [2.05, 4.69) is 49.5 Å². The molecule has 2 heteroatoms. The van der Waals surface area contributed by atoms with Gasteiger partial charge >= 0.3 is 0 Å². The predicted molar refractivity (Wildman–Crippen MR) is 123 cm³/mol. The van der Waals surface area contributed by atoms with E-state index in [1.165, 1.54) is 24.8 Å². The van der Waals surface area contributed by atoms with Gasteiger partial charge < -0.3 is 5.32 Å². The molecule has 2 unspecified atom stereocenters. The summed E-state index contributed by atoms with van der Waals surface area (Å²) in [6.45, 7) is 5.51. The summed E-state index contributed by atoms with van der Waals surface area (Å²) in [4.78, 5) is 12.6. The van der Waals surface area contributed by atoms with Crippen LogP contribution in [0.1, 0.15) is 60.2 Å². The zero-order valence-corrected chi connectivity index (χ0v) is 17.9. The minimum atomic E-state index is -0.00528. The van der Waals surface area contributed by atoms with Crippen LogP contribution >= 0.6 is 0 Å². The van der Waals surface area contributed by atoms with E-state index in [-0.39, 0.29) is 5.91 Å². The van der Waals surface area contributed by atoms with Gasteiger partial charge in [0.05, 0.1) is 0 Å². The molecule has 1 N–H and O–H groups in total. The molecule has 1 fully saturated rings. The van der Waals surface area contributed by atoms with E-state index in [0.717, 1.165) is 17.5 Å². The van der Waals surface area contributed by atoms with Crippen LogP contribution in [0.2, 0.25) is 0 Å². The molecule has 3 aromatic carbocycles. The fraction of sp³-hybridized carbons (Fsp3) is 0.321. The molecule has 0 aromatic heterocycles. The summed E-state index contributed by atoms with van der Waals surface area (Å²) >= 11 is 0. The summed E-state index contributed by atoms with van der Waals surface area (Å²) in [5, 5.41) is 3.09. The highest BCUT2D eigenvalue weighted by atomic mass is 16.1. The summed E-state index contributed by atoms with van der Waals surface area (Å²) in [5.74, 6) is -0.00528. The van der Waals surface area contributed by atoms with E-state index in [0.29, 0.717) is 22.9 Å². The molecule has 0 radical (unpaired) electrons. The molecule has 0 heterocycles. The van der Waals surface area contributed by atoms with Gasteiger partial charge in [-0.1, -0.05) is 74.5 Å². The van der Waals surface area contributed by atoms with Crippen molar-refractivity contribution in [2.24, 2.45) is 0 Å². The van der Waals surface area contributed by atoms with Gasteiger partial charge in [-0.15, -0.1) is 0 Å². The second kappa shape index (κ2) is 7.12. The smallest absolute Gasteiger partial charge is 0.251 e. The zero-order chi connectivity index (χ0) is 20.8. The van der Waals surface area contributed by atoms with Gasteiger partial charge in [0.1, 0.15) is 0 Å². The number of carbonyl (C=O) groups is 1. The number of amides is 1. The third-order valence-corrected chi connectivity index (χ3v) is 7.35. The maximum Gasteiger partial charge on any atom is 0.251 e. The topological polar surface area (TPSA) is 29.1 Å². The van der Waals surface area contributed by atoms with Crippen LogP contribution in [0.3, 0.4) is 0 Å². The summed E-state index contributed by atoms with van der Waals surface area (Å²) in [5.41, 5.74) is 8.16. The number of rotatable bonds is 5. The molecular formula is C28H29NO. The average Bonchev–Trinajstić information content (AvgIpc) is 3.21. The second-order valence-corrected chi connectivity index (χ2v) is 9.63. The molecule has 1 amide bonds. The Hall–Kier alpha value is -2.87. The Kier molecular flexibility index (Phi) is 4.54. The fourth-order valence-corrected chi connectivity index (χ4v) is 5.69. The third kappa shape index (κ3) is 3.25. The normalized spacial score (nSPS) is 23.9. The highest BCUT2D eigenvalue weighted by Crippen LogP contribution is 2.60. The first-order valence-corrected chi connectivity index (χ1v) is 11.0. The lowest BCUT2D eigenvalue weighted by atomic mass is 9.77. The number of nitrogens with one attached hydrogen (secondary N) is 1. The minimum Gasteiger partial charge on any atom is -0.352 e. The van der Waals surface area contributed by atoms with E-state index in [9.17, 15) is 4.79 Å². The lowest BCUT2D eigenvalue weighted by molar-refractivity contribution is 0.0954. The van der Waals surface area contributed by atoms with Gasteiger partial charge in [-0.3, -0.25) is 4.79 Å². The van der Waals surface area contributed by atoms with Crippen molar-refractivity contribution < 1.29 is 4.79 Å². The first-order chi connectivity index (χ1) is 14.5. The first-order valence-electron chi connectivity index (χ1n) is 11.0. The van der Waals surface area contributed by atoms with E-state index in [1.807, 2.05) is 42.5 Å². The molecule has 2 atom stereocenters. The Morgan fingerprint density at radius 2 is 1.50 bits per heavy atom. The fourth-order valence-electron chi connectivity index (χ4n) is 5.69. The average molecular weight is 396 g/mol. The van der Waals surface area contributed by atoms with Crippen molar-refractivity contribution in [1.29, 1.82) is 0 Å². The van der Waals surface area contributed by atoms with Crippen molar-refractivity contribution in [2.45, 2.75) is 50.4 Å². The number of benzene rings is 3. The predicted octanol–water partition coefficient (Wildman–Crippen LogP) is 6.04. The van der Waals surface area contributed by atoms with Gasteiger partial charge in [0.2, 0.25) is 0 Å². The van der Waals surface area contributed by atoms with Gasteiger partial charge in [-0.05, 0) is 76.5 Å². The van der Waals surface area contributed by atoms with Crippen molar-refractivity contribution in [1.82, 2.24) is 5.32 Å². The molecule has 5 rings (SSSR count). The van der Waals surface area contributed by atoms with Crippen LogP contribution < -0.4 is 5.32 Å². The largest absolute Gasteiger partial charge is 0.352 e. The molecular weight excluding hydrogens is 366 g/mol. The molecule has 2 bridgehead atoms. The molecule has 3 aromatic rings. The van der Waals surface area contributed by atoms with Crippen molar-refractivity contribution >= 4 is 5.91 Å². The van der Waals surface area contributed by atoms with E-state index < -0.39 is 0 Å². The van der Waals surface area contributed by atoms with E-state index in [4.69, 9.17) is 0 Å². The Balaban J connectivity index is 1.21. The van der Waals surface area contributed by atoms with Crippen molar-refractivity contribution in [3.63, 3.8) is 0 Å².